The second-order valence-electron chi connectivity index (χ2n) is 5.60. The Labute approximate surface area is 141 Å². The standard InChI is InChI=1S/C17H24N2O5/c1-4-9-23-14-7-5-13(6-8-14)16(21)24-11-15(20)19-17(22)18-10-12(2)3/h5-8,12H,4,9-11H2,1-3H3,(H2,18,19,20,22). The van der Waals surface area contributed by atoms with Crippen molar-refractivity contribution >= 4 is 17.9 Å². The molecule has 24 heavy (non-hydrogen) atoms. The average molecular weight is 336 g/mol. The highest BCUT2D eigenvalue weighted by atomic mass is 16.5. The zero-order valence-electron chi connectivity index (χ0n) is 14.3. The topological polar surface area (TPSA) is 93.7 Å². The SMILES string of the molecule is CCCOc1ccc(C(=O)OCC(=O)NC(=O)NCC(C)C)cc1. The van der Waals surface area contributed by atoms with Gasteiger partial charge >= 0.3 is 12.0 Å². The number of urea groups is 1. The van der Waals surface area contributed by atoms with Crippen LogP contribution in [0.4, 0.5) is 4.79 Å². The Kier molecular flexibility index (Phi) is 8.32. The lowest BCUT2D eigenvalue weighted by Crippen LogP contribution is -2.42. The number of benzene rings is 1. The number of rotatable bonds is 8. The Hall–Kier alpha value is -2.57. The van der Waals surface area contributed by atoms with Crippen LogP contribution >= 0.6 is 0 Å². The van der Waals surface area contributed by atoms with Gasteiger partial charge in [-0.25, -0.2) is 9.59 Å². The zero-order chi connectivity index (χ0) is 17.9. The first-order chi connectivity index (χ1) is 11.4. The van der Waals surface area contributed by atoms with E-state index in [1.807, 2.05) is 20.8 Å². The van der Waals surface area contributed by atoms with Crippen molar-refractivity contribution in [1.29, 1.82) is 0 Å². The monoisotopic (exact) mass is 336 g/mol. The van der Waals surface area contributed by atoms with Crippen LogP contribution < -0.4 is 15.4 Å². The van der Waals surface area contributed by atoms with Crippen molar-refractivity contribution in [3.63, 3.8) is 0 Å². The molecule has 7 nitrogen and oxygen atoms in total. The number of carbonyl (C=O) groups excluding carboxylic acids is 3. The van der Waals surface area contributed by atoms with E-state index < -0.39 is 24.5 Å². The lowest BCUT2D eigenvalue weighted by atomic mass is 10.2. The Balaban J connectivity index is 2.37. The summed E-state index contributed by atoms with van der Waals surface area (Å²) in [5.41, 5.74) is 0.302. The van der Waals surface area contributed by atoms with Gasteiger partial charge in [-0.3, -0.25) is 10.1 Å². The molecule has 1 rings (SSSR count). The van der Waals surface area contributed by atoms with Crippen molar-refractivity contribution in [2.75, 3.05) is 19.8 Å². The molecule has 0 aliphatic heterocycles. The number of imide groups is 1. The summed E-state index contributed by atoms with van der Waals surface area (Å²) >= 11 is 0. The van der Waals surface area contributed by atoms with E-state index in [1.54, 1.807) is 24.3 Å². The van der Waals surface area contributed by atoms with Gasteiger partial charge in [-0.05, 0) is 36.6 Å². The summed E-state index contributed by atoms with van der Waals surface area (Å²) in [5.74, 6) is -0.400. The van der Waals surface area contributed by atoms with E-state index in [0.717, 1.165) is 6.42 Å². The van der Waals surface area contributed by atoms with Gasteiger partial charge in [0.05, 0.1) is 12.2 Å². The van der Waals surface area contributed by atoms with E-state index in [1.165, 1.54) is 0 Å². The molecule has 0 saturated carbocycles. The molecular weight excluding hydrogens is 312 g/mol. The molecule has 0 saturated heterocycles. The molecule has 2 N–H and O–H groups in total. The highest BCUT2D eigenvalue weighted by Gasteiger charge is 2.12. The van der Waals surface area contributed by atoms with Crippen LogP contribution in [0.15, 0.2) is 24.3 Å². The molecule has 0 heterocycles. The molecule has 0 aromatic heterocycles. The minimum absolute atomic E-state index is 0.271. The fourth-order valence-corrected chi connectivity index (χ4v) is 1.63. The molecule has 7 heteroatoms. The number of esters is 1. The number of ether oxygens (including phenoxy) is 2. The maximum Gasteiger partial charge on any atom is 0.338 e. The smallest absolute Gasteiger partial charge is 0.338 e. The number of carbonyl (C=O) groups is 3. The highest BCUT2D eigenvalue weighted by molar-refractivity contribution is 5.97. The van der Waals surface area contributed by atoms with E-state index in [9.17, 15) is 14.4 Å². The average Bonchev–Trinajstić information content (AvgIpc) is 2.56. The predicted octanol–water partition coefficient (Wildman–Crippen LogP) is 2.11. The van der Waals surface area contributed by atoms with Crippen molar-refractivity contribution < 1.29 is 23.9 Å². The van der Waals surface area contributed by atoms with Gasteiger partial charge in [-0.1, -0.05) is 20.8 Å². The van der Waals surface area contributed by atoms with Crippen LogP contribution in [0.3, 0.4) is 0 Å². The van der Waals surface area contributed by atoms with Crippen molar-refractivity contribution in [3.8, 4) is 5.75 Å². The molecule has 0 aliphatic rings. The van der Waals surface area contributed by atoms with Crippen LogP contribution in [0.2, 0.25) is 0 Å². The molecule has 0 fully saturated rings. The van der Waals surface area contributed by atoms with Gasteiger partial charge in [-0.2, -0.15) is 0 Å². The first-order valence-electron chi connectivity index (χ1n) is 7.90. The minimum Gasteiger partial charge on any atom is -0.494 e. The van der Waals surface area contributed by atoms with Crippen LogP contribution in [0.25, 0.3) is 0 Å². The summed E-state index contributed by atoms with van der Waals surface area (Å²) < 4.78 is 10.3. The molecule has 0 bridgehead atoms. The van der Waals surface area contributed by atoms with Gasteiger partial charge in [0.15, 0.2) is 6.61 Å². The maximum absolute atomic E-state index is 11.8. The quantitative estimate of drug-likeness (QED) is 0.709. The molecule has 0 radical (unpaired) electrons. The fraction of sp³-hybridized carbons (Fsp3) is 0.471. The molecule has 3 amide bonds. The lowest BCUT2D eigenvalue weighted by Gasteiger charge is -2.09. The third kappa shape index (κ3) is 7.62. The van der Waals surface area contributed by atoms with Crippen LogP contribution in [-0.4, -0.2) is 37.7 Å². The summed E-state index contributed by atoms with van der Waals surface area (Å²) in [6, 6.07) is 5.82. The van der Waals surface area contributed by atoms with Gasteiger partial charge in [0, 0.05) is 6.54 Å². The number of hydrogen-bond acceptors (Lipinski definition) is 5. The molecule has 0 spiro atoms. The summed E-state index contributed by atoms with van der Waals surface area (Å²) in [6.07, 6.45) is 0.893. The Bertz CT molecular complexity index is 555. The zero-order valence-corrected chi connectivity index (χ0v) is 14.3. The first kappa shape index (κ1) is 19.5. The van der Waals surface area contributed by atoms with E-state index in [0.29, 0.717) is 24.5 Å². The molecule has 1 aromatic rings. The third-order valence-corrected chi connectivity index (χ3v) is 2.82. The van der Waals surface area contributed by atoms with Crippen LogP contribution in [-0.2, 0) is 9.53 Å². The largest absolute Gasteiger partial charge is 0.494 e. The molecule has 0 atom stereocenters. The lowest BCUT2D eigenvalue weighted by molar-refractivity contribution is -0.123. The number of hydrogen-bond donors (Lipinski definition) is 2. The van der Waals surface area contributed by atoms with Crippen molar-refractivity contribution in [1.82, 2.24) is 10.6 Å². The summed E-state index contributed by atoms with van der Waals surface area (Å²) in [5, 5.41) is 4.62. The first-order valence-corrected chi connectivity index (χ1v) is 7.90. The predicted molar refractivity (Wildman–Crippen MR) is 88.9 cm³/mol. The van der Waals surface area contributed by atoms with Gasteiger partial charge in [0.25, 0.3) is 5.91 Å². The van der Waals surface area contributed by atoms with E-state index >= 15 is 0 Å². The van der Waals surface area contributed by atoms with E-state index in [2.05, 4.69) is 10.6 Å². The Morgan fingerprint density at radius 3 is 2.38 bits per heavy atom. The van der Waals surface area contributed by atoms with Gasteiger partial charge in [-0.15, -0.1) is 0 Å². The molecule has 132 valence electrons. The maximum atomic E-state index is 11.8. The molecule has 0 unspecified atom stereocenters. The highest BCUT2D eigenvalue weighted by Crippen LogP contribution is 2.13. The molecular formula is C17H24N2O5. The van der Waals surface area contributed by atoms with Crippen molar-refractivity contribution in [2.45, 2.75) is 27.2 Å². The number of amides is 3. The molecule has 0 aliphatic carbocycles. The van der Waals surface area contributed by atoms with Crippen LogP contribution in [0.1, 0.15) is 37.6 Å². The van der Waals surface area contributed by atoms with Gasteiger partial charge in [0.1, 0.15) is 5.75 Å². The van der Waals surface area contributed by atoms with Crippen LogP contribution in [0.5, 0.6) is 5.75 Å². The second kappa shape index (κ2) is 10.3. The van der Waals surface area contributed by atoms with Crippen molar-refractivity contribution in [2.24, 2.45) is 5.92 Å². The van der Waals surface area contributed by atoms with E-state index in [-0.39, 0.29) is 5.92 Å². The van der Waals surface area contributed by atoms with Crippen molar-refractivity contribution in [3.05, 3.63) is 29.8 Å². The normalized spacial score (nSPS) is 10.2. The minimum atomic E-state index is -0.687. The Morgan fingerprint density at radius 2 is 1.79 bits per heavy atom. The second-order valence-corrected chi connectivity index (χ2v) is 5.60. The Morgan fingerprint density at radius 1 is 1.12 bits per heavy atom. The van der Waals surface area contributed by atoms with Gasteiger partial charge < -0.3 is 14.8 Å². The third-order valence-electron chi connectivity index (χ3n) is 2.82. The summed E-state index contributed by atoms with van der Waals surface area (Å²) in [6.45, 7) is 6.39. The summed E-state index contributed by atoms with van der Waals surface area (Å²) in [7, 11) is 0. The fourth-order valence-electron chi connectivity index (χ4n) is 1.63. The van der Waals surface area contributed by atoms with Crippen LogP contribution in [0, 0.1) is 5.92 Å². The van der Waals surface area contributed by atoms with Gasteiger partial charge in [0.2, 0.25) is 0 Å². The molecule has 1 aromatic carbocycles. The number of nitrogens with one attached hydrogen (secondary N) is 2. The van der Waals surface area contributed by atoms with E-state index in [4.69, 9.17) is 9.47 Å². The summed E-state index contributed by atoms with van der Waals surface area (Å²) in [4.78, 5) is 34.8.